The topological polar surface area (TPSA) is 68.5 Å². The van der Waals surface area contributed by atoms with Gasteiger partial charge < -0.3 is 14.5 Å². The SMILES string of the molecule is C[C@H](Oc1ccc2ccc(=O)oc2c1)C(=O)NC[C@@H](C)c1ccccc1. The van der Waals surface area contributed by atoms with Crippen molar-refractivity contribution in [2.45, 2.75) is 25.9 Å². The minimum atomic E-state index is -0.661. The molecule has 1 aromatic heterocycles. The molecule has 1 N–H and O–H groups in total. The second kappa shape index (κ2) is 7.87. The molecule has 2 aromatic carbocycles. The minimum Gasteiger partial charge on any atom is -0.481 e. The molecule has 134 valence electrons. The van der Waals surface area contributed by atoms with Gasteiger partial charge in [-0.05, 0) is 36.6 Å². The first-order chi connectivity index (χ1) is 12.5. The molecule has 0 aliphatic heterocycles. The molecule has 3 rings (SSSR count). The standard InChI is InChI=1S/C21H21NO4/c1-14(16-6-4-3-5-7-16)13-22-21(24)15(2)25-18-10-8-17-9-11-20(23)26-19(17)12-18/h3-12,14-15H,13H2,1-2H3,(H,22,24)/t14-,15+/m1/s1. The highest BCUT2D eigenvalue weighted by molar-refractivity contribution is 5.81. The Morgan fingerprint density at radius 1 is 1.08 bits per heavy atom. The quantitative estimate of drug-likeness (QED) is 0.691. The highest BCUT2D eigenvalue weighted by atomic mass is 16.5. The van der Waals surface area contributed by atoms with Gasteiger partial charge in [-0.15, -0.1) is 0 Å². The zero-order valence-corrected chi connectivity index (χ0v) is 14.8. The summed E-state index contributed by atoms with van der Waals surface area (Å²) in [7, 11) is 0. The zero-order chi connectivity index (χ0) is 18.5. The van der Waals surface area contributed by atoms with Gasteiger partial charge in [0.1, 0.15) is 11.3 Å². The van der Waals surface area contributed by atoms with Gasteiger partial charge >= 0.3 is 5.63 Å². The van der Waals surface area contributed by atoms with E-state index in [9.17, 15) is 9.59 Å². The van der Waals surface area contributed by atoms with E-state index in [1.807, 2.05) is 30.3 Å². The van der Waals surface area contributed by atoms with Gasteiger partial charge in [-0.3, -0.25) is 4.79 Å². The summed E-state index contributed by atoms with van der Waals surface area (Å²) in [4.78, 5) is 23.6. The molecule has 0 fully saturated rings. The number of hydrogen-bond acceptors (Lipinski definition) is 4. The normalized spacial score (nSPS) is 13.2. The zero-order valence-electron chi connectivity index (χ0n) is 14.8. The highest BCUT2D eigenvalue weighted by Gasteiger charge is 2.16. The summed E-state index contributed by atoms with van der Waals surface area (Å²) in [5.74, 6) is 0.496. The van der Waals surface area contributed by atoms with E-state index in [1.165, 1.54) is 11.6 Å². The van der Waals surface area contributed by atoms with Crippen LogP contribution in [0.25, 0.3) is 11.0 Å². The summed E-state index contributed by atoms with van der Waals surface area (Å²) >= 11 is 0. The maximum Gasteiger partial charge on any atom is 0.336 e. The van der Waals surface area contributed by atoms with Gasteiger partial charge in [0.2, 0.25) is 0 Å². The molecule has 5 nitrogen and oxygen atoms in total. The van der Waals surface area contributed by atoms with Crippen LogP contribution >= 0.6 is 0 Å². The molecule has 5 heteroatoms. The molecule has 0 unspecified atom stereocenters. The third-order valence-corrected chi connectivity index (χ3v) is 4.23. The molecule has 1 heterocycles. The van der Waals surface area contributed by atoms with Crippen LogP contribution in [0.3, 0.4) is 0 Å². The first-order valence-electron chi connectivity index (χ1n) is 8.56. The third kappa shape index (κ3) is 4.30. The Labute approximate surface area is 151 Å². The second-order valence-corrected chi connectivity index (χ2v) is 6.27. The number of carbonyl (C=O) groups excluding carboxylic acids is 1. The summed E-state index contributed by atoms with van der Waals surface area (Å²) in [6.07, 6.45) is -0.661. The first kappa shape index (κ1) is 17.7. The van der Waals surface area contributed by atoms with Crippen molar-refractivity contribution >= 4 is 16.9 Å². The van der Waals surface area contributed by atoms with E-state index >= 15 is 0 Å². The van der Waals surface area contributed by atoms with Crippen molar-refractivity contribution in [1.29, 1.82) is 0 Å². The summed E-state index contributed by atoms with van der Waals surface area (Å²) < 4.78 is 10.8. The Morgan fingerprint density at radius 3 is 2.58 bits per heavy atom. The maximum atomic E-state index is 12.3. The van der Waals surface area contributed by atoms with Crippen molar-refractivity contribution in [2.24, 2.45) is 0 Å². The minimum absolute atomic E-state index is 0.192. The number of hydrogen-bond donors (Lipinski definition) is 1. The van der Waals surface area contributed by atoms with E-state index in [4.69, 9.17) is 9.15 Å². The first-order valence-corrected chi connectivity index (χ1v) is 8.56. The predicted molar refractivity (Wildman–Crippen MR) is 100 cm³/mol. The number of amides is 1. The summed E-state index contributed by atoms with van der Waals surface area (Å²) in [5, 5.41) is 3.71. The molecule has 3 aromatic rings. The van der Waals surface area contributed by atoms with Gasteiger partial charge in [-0.1, -0.05) is 37.3 Å². The molecular formula is C21H21NO4. The molecule has 0 spiro atoms. The molecule has 0 aliphatic rings. The second-order valence-electron chi connectivity index (χ2n) is 6.27. The van der Waals surface area contributed by atoms with Crippen molar-refractivity contribution in [3.05, 3.63) is 76.6 Å². The monoisotopic (exact) mass is 351 g/mol. The van der Waals surface area contributed by atoms with E-state index in [1.54, 1.807) is 31.2 Å². The van der Waals surface area contributed by atoms with Crippen LogP contribution in [0.2, 0.25) is 0 Å². The maximum absolute atomic E-state index is 12.3. The smallest absolute Gasteiger partial charge is 0.336 e. The van der Waals surface area contributed by atoms with Crippen molar-refractivity contribution in [3.8, 4) is 5.75 Å². The van der Waals surface area contributed by atoms with Crippen LogP contribution in [-0.4, -0.2) is 18.6 Å². The van der Waals surface area contributed by atoms with Gasteiger partial charge in [0, 0.05) is 24.1 Å². The van der Waals surface area contributed by atoms with Crippen LogP contribution < -0.4 is 15.7 Å². The molecule has 0 saturated carbocycles. The fraction of sp³-hybridized carbons (Fsp3) is 0.238. The average Bonchev–Trinajstić information content (AvgIpc) is 2.66. The van der Waals surface area contributed by atoms with E-state index < -0.39 is 11.7 Å². The Morgan fingerprint density at radius 2 is 1.81 bits per heavy atom. The van der Waals surface area contributed by atoms with Crippen LogP contribution in [0, 0.1) is 0 Å². The van der Waals surface area contributed by atoms with E-state index in [0.717, 1.165) is 5.39 Å². The van der Waals surface area contributed by atoms with Crippen LogP contribution in [0.15, 0.2) is 69.9 Å². The lowest BCUT2D eigenvalue weighted by molar-refractivity contribution is -0.127. The molecule has 2 atom stereocenters. The molecular weight excluding hydrogens is 330 g/mol. The third-order valence-electron chi connectivity index (χ3n) is 4.23. The van der Waals surface area contributed by atoms with Crippen molar-refractivity contribution in [3.63, 3.8) is 0 Å². The predicted octanol–water partition coefficient (Wildman–Crippen LogP) is 3.48. The number of ether oxygens (including phenoxy) is 1. The van der Waals surface area contributed by atoms with Crippen LogP contribution in [0.5, 0.6) is 5.75 Å². The highest BCUT2D eigenvalue weighted by Crippen LogP contribution is 2.20. The van der Waals surface area contributed by atoms with Crippen molar-refractivity contribution in [2.75, 3.05) is 6.54 Å². The molecule has 0 radical (unpaired) electrons. The number of fused-ring (bicyclic) bond motifs is 1. The number of benzene rings is 2. The largest absolute Gasteiger partial charge is 0.481 e. The summed E-state index contributed by atoms with van der Waals surface area (Å²) in [6.45, 7) is 4.28. The van der Waals surface area contributed by atoms with Crippen molar-refractivity contribution < 1.29 is 13.9 Å². The fourth-order valence-corrected chi connectivity index (χ4v) is 2.67. The van der Waals surface area contributed by atoms with E-state index in [0.29, 0.717) is 17.9 Å². The number of rotatable bonds is 6. The van der Waals surface area contributed by atoms with Crippen LogP contribution in [-0.2, 0) is 4.79 Å². The van der Waals surface area contributed by atoms with Crippen LogP contribution in [0.4, 0.5) is 0 Å². The van der Waals surface area contributed by atoms with Gasteiger partial charge in [-0.25, -0.2) is 4.79 Å². The molecule has 0 bridgehead atoms. The van der Waals surface area contributed by atoms with E-state index in [-0.39, 0.29) is 11.8 Å². The van der Waals surface area contributed by atoms with Gasteiger partial charge in [0.05, 0.1) is 0 Å². The lowest BCUT2D eigenvalue weighted by Crippen LogP contribution is -2.38. The Balaban J connectivity index is 1.59. The lowest BCUT2D eigenvalue weighted by atomic mass is 10.0. The molecule has 0 aliphatic carbocycles. The summed E-state index contributed by atoms with van der Waals surface area (Å²) in [6, 6.07) is 18.2. The average molecular weight is 351 g/mol. The lowest BCUT2D eigenvalue weighted by Gasteiger charge is -2.17. The van der Waals surface area contributed by atoms with Crippen LogP contribution in [0.1, 0.15) is 25.3 Å². The molecule has 0 saturated heterocycles. The van der Waals surface area contributed by atoms with E-state index in [2.05, 4.69) is 12.2 Å². The fourth-order valence-electron chi connectivity index (χ4n) is 2.67. The molecule has 1 amide bonds. The Bertz CT molecular complexity index is 949. The van der Waals surface area contributed by atoms with Crippen molar-refractivity contribution in [1.82, 2.24) is 5.32 Å². The summed E-state index contributed by atoms with van der Waals surface area (Å²) in [5.41, 5.74) is 1.18. The van der Waals surface area contributed by atoms with Gasteiger partial charge in [0.15, 0.2) is 6.10 Å². The molecule has 26 heavy (non-hydrogen) atoms. The number of carbonyl (C=O) groups is 1. The Kier molecular flexibility index (Phi) is 5.37. The van der Waals surface area contributed by atoms with Gasteiger partial charge in [0.25, 0.3) is 5.91 Å². The Hall–Kier alpha value is -3.08. The van der Waals surface area contributed by atoms with Gasteiger partial charge in [-0.2, -0.15) is 0 Å². The number of nitrogens with one attached hydrogen (secondary N) is 1.